The van der Waals surface area contributed by atoms with Crippen LogP contribution in [0.15, 0.2) is 78.9 Å². The van der Waals surface area contributed by atoms with Crippen molar-refractivity contribution in [3.05, 3.63) is 101 Å². The molecule has 142 valence electrons. The van der Waals surface area contributed by atoms with Crippen molar-refractivity contribution in [3.8, 4) is 0 Å². The van der Waals surface area contributed by atoms with Crippen LogP contribution in [0.5, 0.6) is 0 Å². The zero-order valence-electron chi connectivity index (χ0n) is 15.5. The third-order valence-electron chi connectivity index (χ3n) is 4.42. The molecular weight excluding hydrogens is 355 g/mol. The zero-order valence-corrected chi connectivity index (χ0v) is 15.5. The summed E-state index contributed by atoms with van der Waals surface area (Å²) in [6, 6.07) is 21.9. The average Bonchev–Trinajstić information content (AvgIpc) is 2.73. The molecule has 0 fully saturated rings. The minimum Gasteiger partial charge on any atom is -0.324 e. The van der Waals surface area contributed by atoms with Crippen LogP contribution in [0.25, 0.3) is 0 Å². The Balaban J connectivity index is 1.66. The predicted octanol–water partition coefficient (Wildman–Crippen LogP) is 4.35. The van der Waals surface area contributed by atoms with Gasteiger partial charge in [-0.05, 0) is 25.1 Å². The van der Waals surface area contributed by atoms with E-state index in [2.05, 4.69) is 10.6 Å². The molecule has 0 radical (unpaired) electrons. The van der Waals surface area contributed by atoms with Gasteiger partial charge in [-0.2, -0.15) is 0 Å². The molecule has 0 aliphatic carbocycles. The van der Waals surface area contributed by atoms with E-state index < -0.39 is 0 Å². The van der Waals surface area contributed by atoms with Crippen molar-refractivity contribution in [2.24, 2.45) is 0 Å². The van der Waals surface area contributed by atoms with Crippen LogP contribution in [0.2, 0.25) is 0 Å². The summed E-state index contributed by atoms with van der Waals surface area (Å²) >= 11 is 0. The molecule has 0 spiro atoms. The number of anilines is 1. The fraction of sp³-hybridized carbons (Fsp3) is 0.130. The zero-order chi connectivity index (χ0) is 19.9. The first-order valence-corrected chi connectivity index (χ1v) is 9.02. The Morgan fingerprint density at radius 3 is 2.29 bits per heavy atom. The van der Waals surface area contributed by atoms with E-state index >= 15 is 0 Å². The summed E-state index contributed by atoms with van der Waals surface area (Å²) < 4.78 is 13.8. The highest BCUT2D eigenvalue weighted by atomic mass is 19.1. The smallest absolute Gasteiger partial charge is 0.238 e. The Morgan fingerprint density at radius 1 is 0.893 bits per heavy atom. The van der Waals surface area contributed by atoms with Gasteiger partial charge in [0.05, 0.1) is 12.2 Å². The first-order chi connectivity index (χ1) is 13.6. The van der Waals surface area contributed by atoms with E-state index in [9.17, 15) is 14.0 Å². The molecule has 3 rings (SSSR count). The van der Waals surface area contributed by atoms with Crippen LogP contribution in [0.4, 0.5) is 10.1 Å². The molecule has 3 aromatic carbocycles. The second-order valence-corrected chi connectivity index (χ2v) is 6.41. The number of nitrogens with one attached hydrogen (secondary N) is 2. The highest BCUT2D eigenvalue weighted by Crippen LogP contribution is 2.20. The quantitative estimate of drug-likeness (QED) is 0.603. The molecule has 0 saturated carbocycles. The minimum absolute atomic E-state index is 0.0106. The van der Waals surface area contributed by atoms with Crippen LogP contribution < -0.4 is 10.6 Å². The number of carbonyl (C=O) groups excluding carboxylic acids is 2. The van der Waals surface area contributed by atoms with E-state index in [1.54, 1.807) is 73.7 Å². The molecule has 0 heterocycles. The van der Waals surface area contributed by atoms with Crippen LogP contribution in [-0.2, 0) is 4.79 Å². The number of carbonyl (C=O) groups is 2. The second-order valence-electron chi connectivity index (χ2n) is 6.41. The SMILES string of the molecule is CC(NCC(=O)Nc1ccccc1C(=O)c1ccccc1)c1ccccc1F. The van der Waals surface area contributed by atoms with Gasteiger partial charge < -0.3 is 10.6 Å². The lowest BCUT2D eigenvalue weighted by Crippen LogP contribution is -2.31. The largest absolute Gasteiger partial charge is 0.324 e. The van der Waals surface area contributed by atoms with Crippen LogP contribution in [-0.4, -0.2) is 18.2 Å². The molecule has 0 aliphatic heterocycles. The van der Waals surface area contributed by atoms with Gasteiger partial charge in [-0.15, -0.1) is 0 Å². The standard InChI is InChI=1S/C23H21FN2O2/c1-16(18-11-5-7-13-20(18)24)25-15-22(27)26-21-14-8-6-12-19(21)23(28)17-9-3-2-4-10-17/h2-14,16,25H,15H2,1H3,(H,26,27). The van der Waals surface area contributed by atoms with E-state index in [4.69, 9.17) is 0 Å². The maximum atomic E-state index is 13.8. The molecule has 0 aliphatic rings. The summed E-state index contributed by atoms with van der Waals surface area (Å²) in [6.45, 7) is 1.78. The normalized spacial score (nSPS) is 11.6. The molecule has 1 atom stereocenters. The van der Waals surface area contributed by atoms with Crippen LogP contribution in [0, 0.1) is 5.82 Å². The number of halogens is 1. The van der Waals surface area contributed by atoms with Crippen molar-refractivity contribution in [1.29, 1.82) is 0 Å². The lowest BCUT2D eigenvalue weighted by Gasteiger charge is -2.15. The van der Waals surface area contributed by atoms with Gasteiger partial charge in [-0.3, -0.25) is 9.59 Å². The molecule has 5 heteroatoms. The van der Waals surface area contributed by atoms with Gasteiger partial charge in [0, 0.05) is 22.7 Å². The van der Waals surface area contributed by atoms with E-state index in [-0.39, 0.29) is 30.1 Å². The average molecular weight is 376 g/mol. The van der Waals surface area contributed by atoms with Gasteiger partial charge in [0.2, 0.25) is 5.91 Å². The predicted molar refractivity (Wildman–Crippen MR) is 108 cm³/mol. The monoisotopic (exact) mass is 376 g/mol. The molecule has 1 unspecified atom stereocenters. The highest BCUT2D eigenvalue weighted by Gasteiger charge is 2.16. The summed E-state index contributed by atoms with van der Waals surface area (Å²) in [5, 5.41) is 5.77. The van der Waals surface area contributed by atoms with Gasteiger partial charge in [0.25, 0.3) is 0 Å². The van der Waals surface area contributed by atoms with Gasteiger partial charge in [-0.1, -0.05) is 60.7 Å². The van der Waals surface area contributed by atoms with Gasteiger partial charge in [-0.25, -0.2) is 4.39 Å². The van der Waals surface area contributed by atoms with Gasteiger partial charge >= 0.3 is 0 Å². The number of para-hydroxylation sites is 1. The Morgan fingerprint density at radius 2 is 1.54 bits per heavy atom. The molecule has 1 amide bonds. The topological polar surface area (TPSA) is 58.2 Å². The summed E-state index contributed by atoms with van der Waals surface area (Å²) in [5.74, 6) is -0.789. The van der Waals surface area contributed by atoms with Gasteiger partial charge in [0.1, 0.15) is 5.82 Å². The summed E-state index contributed by atoms with van der Waals surface area (Å²) in [7, 11) is 0. The van der Waals surface area contributed by atoms with Gasteiger partial charge in [0.15, 0.2) is 5.78 Å². The van der Waals surface area contributed by atoms with Crippen molar-refractivity contribution in [3.63, 3.8) is 0 Å². The molecule has 3 aromatic rings. The molecular formula is C23H21FN2O2. The molecule has 0 saturated heterocycles. The maximum absolute atomic E-state index is 13.8. The van der Waals surface area contributed by atoms with Crippen LogP contribution in [0.3, 0.4) is 0 Å². The number of hydrogen-bond donors (Lipinski definition) is 2. The number of ketones is 1. The molecule has 2 N–H and O–H groups in total. The van der Waals surface area contributed by atoms with E-state index in [0.29, 0.717) is 22.4 Å². The molecule has 0 aromatic heterocycles. The minimum atomic E-state index is -0.326. The van der Waals surface area contributed by atoms with Crippen molar-refractivity contribution < 1.29 is 14.0 Å². The Bertz CT molecular complexity index is 973. The number of rotatable bonds is 7. The highest BCUT2D eigenvalue weighted by molar-refractivity contribution is 6.13. The third kappa shape index (κ3) is 4.69. The summed E-state index contributed by atoms with van der Waals surface area (Å²) in [6.07, 6.45) is 0. The molecule has 0 bridgehead atoms. The second kappa shape index (κ2) is 9.06. The van der Waals surface area contributed by atoms with Crippen molar-refractivity contribution >= 4 is 17.4 Å². The number of hydrogen-bond acceptors (Lipinski definition) is 3. The fourth-order valence-electron chi connectivity index (χ4n) is 2.91. The fourth-order valence-corrected chi connectivity index (χ4v) is 2.91. The summed E-state index contributed by atoms with van der Waals surface area (Å²) in [5.41, 5.74) is 1.91. The number of benzene rings is 3. The number of amides is 1. The Kier molecular flexibility index (Phi) is 6.29. The van der Waals surface area contributed by atoms with E-state index in [0.717, 1.165) is 0 Å². The molecule has 28 heavy (non-hydrogen) atoms. The molecule has 4 nitrogen and oxygen atoms in total. The summed E-state index contributed by atoms with van der Waals surface area (Å²) in [4.78, 5) is 25.1. The Labute approximate surface area is 163 Å². The lowest BCUT2D eigenvalue weighted by molar-refractivity contribution is -0.115. The lowest BCUT2D eigenvalue weighted by atomic mass is 10.0. The van der Waals surface area contributed by atoms with E-state index in [1.807, 2.05) is 6.07 Å². The van der Waals surface area contributed by atoms with Crippen molar-refractivity contribution in [1.82, 2.24) is 5.32 Å². The third-order valence-corrected chi connectivity index (χ3v) is 4.42. The van der Waals surface area contributed by atoms with Crippen LogP contribution >= 0.6 is 0 Å². The Hall–Kier alpha value is -3.31. The van der Waals surface area contributed by atoms with Crippen molar-refractivity contribution in [2.75, 3.05) is 11.9 Å². The first kappa shape index (κ1) is 19.5. The van der Waals surface area contributed by atoms with E-state index in [1.165, 1.54) is 6.07 Å². The maximum Gasteiger partial charge on any atom is 0.238 e. The van der Waals surface area contributed by atoms with Crippen LogP contribution in [0.1, 0.15) is 34.5 Å². The van der Waals surface area contributed by atoms with Crippen molar-refractivity contribution in [2.45, 2.75) is 13.0 Å². The first-order valence-electron chi connectivity index (χ1n) is 9.02.